The number of nitrogens with zero attached hydrogens (tertiary/aromatic N) is 1. The third kappa shape index (κ3) is 35.2. The summed E-state index contributed by atoms with van der Waals surface area (Å²) in [5.41, 5.74) is 0. The van der Waals surface area contributed by atoms with Crippen molar-refractivity contribution in [3.8, 4) is 0 Å². The molecule has 0 atom stereocenters. The van der Waals surface area contributed by atoms with E-state index in [2.05, 4.69) is 19.2 Å². The molecule has 2 N–H and O–H groups in total. The molecule has 0 aliphatic carbocycles. The molecule has 0 fully saturated rings. The number of hydrogen-bond donors (Lipinski definition) is 1. The average molecular weight is 361 g/mol. The smallest absolute Gasteiger partial charge is 0.0755 e. The normalized spacial score (nSPS) is 10.3. The summed E-state index contributed by atoms with van der Waals surface area (Å²) in [7, 11) is 0. The van der Waals surface area contributed by atoms with Gasteiger partial charge in [-0.15, -0.1) is 0 Å². The zero-order chi connectivity index (χ0) is 19.0. The van der Waals surface area contributed by atoms with Crippen molar-refractivity contribution < 1.29 is 10.4 Å². The second-order valence-electron chi connectivity index (χ2n) is 7.04. The summed E-state index contributed by atoms with van der Waals surface area (Å²) in [5.74, 6) is 0. The van der Waals surface area contributed by atoms with E-state index in [0.717, 1.165) is 0 Å². The molecule has 0 heterocycles. The van der Waals surface area contributed by atoms with Gasteiger partial charge < -0.3 is 20.6 Å². The van der Waals surface area contributed by atoms with Crippen molar-refractivity contribution in [1.82, 2.24) is 0 Å². The summed E-state index contributed by atoms with van der Waals surface area (Å²) >= 11 is 0. The number of nitrogens with two attached hydrogens (primary N) is 1. The van der Waals surface area contributed by atoms with Crippen molar-refractivity contribution in [2.24, 2.45) is 0 Å². The Bertz CT molecular complexity index is 229. The van der Waals surface area contributed by atoms with E-state index >= 15 is 0 Å². The average Bonchev–Trinajstić information content (AvgIpc) is 2.57. The molecule has 152 valence electrons. The molecule has 0 spiro atoms. The summed E-state index contributed by atoms with van der Waals surface area (Å²) in [6, 6.07) is 0. The van der Waals surface area contributed by atoms with E-state index in [-0.39, 0.29) is 0 Å². The van der Waals surface area contributed by atoms with Gasteiger partial charge >= 0.3 is 0 Å². The molecule has 0 saturated heterocycles. The lowest BCUT2D eigenvalue weighted by atomic mass is 10.1. The maximum atomic E-state index is 8.25. The third-order valence-corrected chi connectivity index (χ3v) is 4.52. The summed E-state index contributed by atoms with van der Waals surface area (Å²) in [6.45, 7) is 7.32. The zero-order valence-electron chi connectivity index (χ0n) is 17.0. The van der Waals surface area contributed by atoms with Gasteiger partial charge in [0.2, 0.25) is 0 Å². The quantitative estimate of drug-likeness (QED) is 0.196. The summed E-state index contributed by atoms with van der Waals surface area (Å²) in [6.07, 6.45) is 23.1. The Hall–Kier alpha value is -0.840. The van der Waals surface area contributed by atoms with Crippen LogP contribution in [0.25, 0.3) is 0 Å². The molecule has 0 aliphatic heterocycles. The van der Waals surface area contributed by atoms with Gasteiger partial charge in [-0.2, -0.15) is 0 Å². The topological polar surface area (TPSA) is 82.8 Å². The van der Waals surface area contributed by atoms with Crippen molar-refractivity contribution >= 4 is 0 Å². The first-order valence-electron chi connectivity index (χ1n) is 10.8. The lowest BCUT2D eigenvalue weighted by molar-refractivity contribution is -0.655. The van der Waals surface area contributed by atoms with Gasteiger partial charge in [0.1, 0.15) is 0 Å². The number of rotatable bonds is 18. The molecule has 0 saturated carbocycles. The predicted molar refractivity (Wildman–Crippen MR) is 107 cm³/mol. The highest BCUT2D eigenvalue weighted by atomic mass is 16.9. The number of hydrogen-bond acceptors (Lipinski definition) is 3. The predicted octanol–water partition coefficient (Wildman–Crippen LogP) is 5.59. The van der Waals surface area contributed by atoms with E-state index in [0.29, 0.717) is 0 Å². The van der Waals surface area contributed by atoms with Gasteiger partial charge in [0.25, 0.3) is 0 Å². The molecule has 0 aliphatic rings. The first-order chi connectivity index (χ1) is 12.1. The maximum Gasteiger partial charge on any atom is 0.0755 e. The van der Waals surface area contributed by atoms with Crippen LogP contribution in [-0.4, -0.2) is 18.2 Å². The lowest BCUT2D eigenvalue weighted by Gasteiger charge is -2.03. The first-order valence-corrected chi connectivity index (χ1v) is 10.8. The van der Waals surface area contributed by atoms with Crippen LogP contribution in [0.1, 0.15) is 117 Å². The highest BCUT2D eigenvalue weighted by Crippen LogP contribution is 2.10. The van der Waals surface area contributed by atoms with Gasteiger partial charge in [-0.3, -0.25) is 0 Å². The Morgan fingerprint density at radius 1 is 0.560 bits per heavy atom. The Labute approximate surface area is 156 Å². The Morgan fingerprint density at radius 2 is 0.800 bits per heavy atom. The summed E-state index contributed by atoms with van der Waals surface area (Å²) < 4.78 is 0. The molecule has 0 rings (SSSR count). The summed E-state index contributed by atoms with van der Waals surface area (Å²) in [4.78, 5) is 8.25. The van der Waals surface area contributed by atoms with Crippen LogP contribution in [0.5, 0.6) is 0 Å². The molecule has 0 aromatic heterocycles. The maximum absolute atomic E-state index is 8.25. The first kappa shape index (κ1) is 26.4. The zero-order valence-corrected chi connectivity index (χ0v) is 17.0. The van der Waals surface area contributed by atoms with Crippen molar-refractivity contribution in [1.29, 1.82) is 0 Å². The molecule has 0 unspecified atom stereocenters. The monoisotopic (exact) mass is 360 g/mol. The van der Waals surface area contributed by atoms with E-state index in [4.69, 9.17) is 15.3 Å². The fourth-order valence-electron chi connectivity index (χ4n) is 2.99. The van der Waals surface area contributed by atoms with Gasteiger partial charge in [0.15, 0.2) is 0 Å². The lowest BCUT2D eigenvalue weighted by Crippen LogP contribution is -2.84. The molecule has 0 amide bonds. The Morgan fingerprint density at radius 3 is 1.08 bits per heavy atom. The minimum Gasteiger partial charge on any atom is -0.356 e. The molecule has 5 nitrogen and oxygen atoms in total. The van der Waals surface area contributed by atoms with Crippen LogP contribution in [0.2, 0.25) is 0 Å². The Kier molecular flexibility index (Phi) is 26.8. The van der Waals surface area contributed by atoms with Gasteiger partial charge in [-0.25, -0.2) is 0 Å². The minimum absolute atomic E-state index is 1.36. The fourth-order valence-corrected chi connectivity index (χ4v) is 2.99. The highest BCUT2D eigenvalue weighted by molar-refractivity contribution is 4.47. The van der Waals surface area contributed by atoms with E-state index in [1.54, 1.807) is 0 Å². The fraction of sp³-hybridized carbons (Fsp3) is 1.00. The van der Waals surface area contributed by atoms with E-state index in [1.807, 2.05) is 0 Å². The molecule has 0 aromatic rings. The largest absolute Gasteiger partial charge is 0.356 e. The number of unbranched alkanes of at least 4 members (excludes halogenated alkanes) is 14. The minimum atomic E-state index is -1.75. The van der Waals surface area contributed by atoms with Crippen LogP contribution in [0.15, 0.2) is 0 Å². The van der Waals surface area contributed by atoms with E-state index < -0.39 is 5.09 Å². The van der Waals surface area contributed by atoms with Crippen molar-refractivity contribution in [2.75, 3.05) is 13.1 Å². The van der Waals surface area contributed by atoms with Gasteiger partial charge in [-0.1, -0.05) is 90.9 Å². The molecule has 5 heteroatoms. The van der Waals surface area contributed by atoms with Gasteiger partial charge in [0, 0.05) is 0 Å². The van der Waals surface area contributed by atoms with E-state index in [1.165, 1.54) is 116 Å². The van der Waals surface area contributed by atoms with Crippen molar-refractivity contribution in [3.63, 3.8) is 0 Å². The molecular formula is C20H44N2O3. The summed E-state index contributed by atoms with van der Waals surface area (Å²) in [5, 5.41) is 17.3. The second-order valence-corrected chi connectivity index (χ2v) is 7.04. The van der Waals surface area contributed by atoms with Gasteiger partial charge in [0.05, 0.1) is 18.2 Å². The molecule has 0 aromatic carbocycles. The van der Waals surface area contributed by atoms with Crippen LogP contribution in [0, 0.1) is 15.3 Å². The molecule has 0 bridgehead atoms. The molecular weight excluding hydrogens is 316 g/mol. The van der Waals surface area contributed by atoms with E-state index in [9.17, 15) is 0 Å². The van der Waals surface area contributed by atoms with Crippen LogP contribution >= 0.6 is 0 Å². The van der Waals surface area contributed by atoms with Crippen LogP contribution in [0.4, 0.5) is 0 Å². The molecule has 0 radical (unpaired) electrons. The molecule has 25 heavy (non-hydrogen) atoms. The van der Waals surface area contributed by atoms with Crippen LogP contribution in [0.3, 0.4) is 0 Å². The van der Waals surface area contributed by atoms with Crippen molar-refractivity contribution in [2.45, 2.75) is 117 Å². The number of quaternary nitrogens is 1. The highest BCUT2D eigenvalue weighted by Gasteiger charge is 1.95. The van der Waals surface area contributed by atoms with Crippen molar-refractivity contribution in [3.05, 3.63) is 15.3 Å². The SMILES string of the molecule is CCCCCCCCCCCC[NH2+]CCCCCCCC.O=[N+]([O-])[O-]. The Balaban J connectivity index is 0. The second kappa shape index (κ2) is 25.4. The van der Waals surface area contributed by atoms with Crippen LogP contribution < -0.4 is 5.32 Å². The third-order valence-electron chi connectivity index (χ3n) is 4.52. The van der Waals surface area contributed by atoms with Gasteiger partial charge in [-0.05, 0) is 25.7 Å². The van der Waals surface area contributed by atoms with Crippen LogP contribution in [-0.2, 0) is 0 Å². The standard InChI is InChI=1S/C20H43N.NO3/c1-3-5-7-9-11-12-13-14-16-18-20-21-19-17-15-10-8-6-4-2;2-1(3)4/h21H,3-20H2,1-2H3;/q;-1/p+1.